The average molecular weight is 276 g/mol. The molecule has 0 bridgehead atoms. The van der Waals surface area contributed by atoms with E-state index < -0.39 is 0 Å². The molecule has 1 aromatic rings. The van der Waals surface area contributed by atoms with Crippen molar-refractivity contribution in [3.8, 4) is 11.5 Å². The van der Waals surface area contributed by atoms with Crippen molar-refractivity contribution in [1.82, 2.24) is 5.01 Å². The molecule has 1 aliphatic heterocycles. The van der Waals surface area contributed by atoms with Gasteiger partial charge in [-0.25, -0.2) is 0 Å². The molecule has 5 heteroatoms. The van der Waals surface area contributed by atoms with Crippen molar-refractivity contribution in [3.63, 3.8) is 0 Å². The van der Waals surface area contributed by atoms with Crippen LogP contribution in [0.5, 0.6) is 11.5 Å². The lowest BCUT2D eigenvalue weighted by molar-refractivity contribution is 0.0397. The molecule has 1 aliphatic rings. The van der Waals surface area contributed by atoms with E-state index in [1.54, 1.807) is 13.2 Å². The summed E-state index contributed by atoms with van der Waals surface area (Å²) in [6.07, 6.45) is 3.53. The van der Waals surface area contributed by atoms with Crippen LogP contribution in [0.3, 0.4) is 0 Å². The molecule has 0 saturated carbocycles. The third-order valence-corrected chi connectivity index (χ3v) is 2.90. The Morgan fingerprint density at radius 1 is 1.35 bits per heavy atom. The highest BCUT2D eigenvalue weighted by Gasteiger charge is 2.07. The summed E-state index contributed by atoms with van der Waals surface area (Å²) in [5.41, 5.74) is 0.972. The molecule has 1 aromatic carbocycles. The topological polar surface area (TPSA) is 43.3 Å². The number of nitrogens with zero attached hydrogens (tertiary/aromatic N) is 2. The molecule has 0 aliphatic carbocycles. The van der Waals surface area contributed by atoms with Crippen LogP contribution in [0.1, 0.15) is 5.56 Å². The van der Waals surface area contributed by atoms with Crippen LogP contribution < -0.4 is 9.47 Å². The van der Waals surface area contributed by atoms with Crippen molar-refractivity contribution >= 4 is 6.21 Å². The Kier molecular flexibility index (Phi) is 5.43. The highest BCUT2D eigenvalue weighted by Crippen LogP contribution is 2.27. The minimum absolute atomic E-state index is 0.456. The monoisotopic (exact) mass is 276 g/mol. The summed E-state index contributed by atoms with van der Waals surface area (Å²) in [6.45, 7) is 7.20. The third-order valence-electron chi connectivity index (χ3n) is 2.90. The zero-order valence-electron chi connectivity index (χ0n) is 11.7. The molecule has 0 atom stereocenters. The van der Waals surface area contributed by atoms with Gasteiger partial charge in [0, 0.05) is 0 Å². The van der Waals surface area contributed by atoms with E-state index in [2.05, 4.69) is 11.7 Å². The predicted molar refractivity (Wildman–Crippen MR) is 78.7 cm³/mol. The summed E-state index contributed by atoms with van der Waals surface area (Å²) < 4.78 is 16.1. The van der Waals surface area contributed by atoms with E-state index in [4.69, 9.17) is 14.2 Å². The molecular weight excluding hydrogens is 256 g/mol. The van der Waals surface area contributed by atoms with Gasteiger partial charge < -0.3 is 14.2 Å². The van der Waals surface area contributed by atoms with Gasteiger partial charge in [0.2, 0.25) is 0 Å². The first-order chi connectivity index (χ1) is 9.83. The van der Waals surface area contributed by atoms with E-state index in [1.165, 1.54) is 0 Å². The summed E-state index contributed by atoms with van der Waals surface area (Å²) in [6, 6.07) is 5.73. The number of hydrazone groups is 1. The summed E-state index contributed by atoms with van der Waals surface area (Å²) in [5.74, 6) is 1.40. The van der Waals surface area contributed by atoms with Crippen LogP contribution in [-0.2, 0) is 4.74 Å². The van der Waals surface area contributed by atoms with Crippen LogP contribution >= 0.6 is 0 Å². The van der Waals surface area contributed by atoms with E-state index in [0.29, 0.717) is 18.1 Å². The minimum Gasteiger partial charge on any atom is -0.493 e. The van der Waals surface area contributed by atoms with Gasteiger partial charge in [-0.15, -0.1) is 0 Å². The van der Waals surface area contributed by atoms with Crippen molar-refractivity contribution in [2.75, 3.05) is 40.0 Å². The number of benzene rings is 1. The van der Waals surface area contributed by atoms with E-state index in [9.17, 15) is 0 Å². The summed E-state index contributed by atoms with van der Waals surface area (Å²) in [4.78, 5) is 0. The molecule has 0 aromatic heterocycles. The van der Waals surface area contributed by atoms with Crippen LogP contribution in [-0.4, -0.2) is 51.2 Å². The Labute approximate surface area is 119 Å². The van der Waals surface area contributed by atoms with Crippen molar-refractivity contribution < 1.29 is 14.2 Å². The van der Waals surface area contributed by atoms with E-state index in [0.717, 1.165) is 31.9 Å². The quantitative estimate of drug-likeness (QED) is 0.588. The molecule has 1 fully saturated rings. The molecule has 108 valence electrons. The minimum atomic E-state index is 0.456. The maximum Gasteiger partial charge on any atom is 0.161 e. The van der Waals surface area contributed by atoms with Gasteiger partial charge in [-0.2, -0.15) is 5.10 Å². The molecule has 5 nitrogen and oxygen atoms in total. The number of rotatable bonds is 6. The van der Waals surface area contributed by atoms with Crippen LogP contribution in [0.25, 0.3) is 0 Å². The second-order valence-electron chi connectivity index (χ2n) is 4.32. The smallest absolute Gasteiger partial charge is 0.161 e. The maximum absolute atomic E-state index is 5.51. The number of morpholine rings is 1. The Balaban J connectivity index is 2.04. The summed E-state index contributed by atoms with van der Waals surface area (Å²) in [5, 5.41) is 6.43. The van der Waals surface area contributed by atoms with E-state index >= 15 is 0 Å². The van der Waals surface area contributed by atoms with Gasteiger partial charge in [0.25, 0.3) is 0 Å². The van der Waals surface area contributed by atoms with Crippen molar-refractivity contribution in [2.24, 2.45) is 5.10 Å². The number of methoxy groups -OCH3 is 1. The fraction of sp³-hybridized carbons (Fsp3) is 0.400. The second kappa shape index (κ2) is 7.55. The molecule has 0 N–H and O–H groups in total. The lowest BCUT2D eigenvalue weighted by atomic mass is 10.2. The fourth-order valence-electron chi connectivity index (χ4n) is 1.85. The van der Waals surface area contributed by atoms with Gasteiger partial charge in [0.15, 0.2) is 11.5 Å². The predicted octanol–water partition coefficient (Wildman–Crippen LogP) is 1.93. The van der Waals surface area contributed by atoms with Gasteiger partial charge in [-0.1, -0.05) is 12.7 Å². The maximum atomic E-state index is 5.51. The standard InChI is InChI=1S/C15H20N2O3/c1-3-8-20-14-5-4-13(11-15(14)18-2)12-16-17-6-9-19-10-7-17/h3-5,11-12H,1,6-10H2,2H3/b16-12-. The van der Waals surface area contributed by atoms with Crippen molar-refractivity contribution in [3.05, 3.63) is 36.4 Å². The zero-order chi connectivity index (χ0) is 14.2. The van der Waals surface area contributed by atoms with Crippen LogP contribution in [0.15, 0.2) is 36.0 Å². The van der Waals surface area contributed by atoms with E-state index in [-0.39, 0.29) is 0 Å². The fourth-order valence-corrected chi connectivity index (χ4v) is 1.85. The normalized spacial score (nSPS) is 15.3. The first kappa shape index (κ1) is 14.4. The largest absolute Gasteiger partial charge is 0.493 e. The summed E-state index contributed by atoms with van der Waals surface area (Å²) >= 11 is 0. The van der Waals surface area contributed by atoms with Gasteiger partial charge in [-0.3, -0.25) is 5.01 Å². The second-order valence-corrected chi connectivity index (χ2v) is 4.32. The molecular formula is C15H20N2O3. The Hall–Kier alpha value is -2.01. The molecule has 1 saturated heterocycles. The molecule has 1 heterocycles. The van der Waals surface area contributed by atoms with Crippen LogP contribution in [0.2, 0.25) is 0 Å². The molecule has 0 unspecified atom stereocenters. The van der Waals surface area contributed by atoms with Crippen molar-refractivity contribution in [1.29, 1.82) is 0 Å². The third kappa shape index (κ3) is 3.99. The molecule has 2 rings (SSSR count). The van der Waals surface area contributed by atoms with Gasteiger partial charge in [0.1, 0.15) is 6.61 Å². The number of hydrogen-bond donors (Lipinski definition) is 0. The lowest BCUT2D eigenvalue weighted by Gasteiger charge is -2.23. The first-order valence-electron chi connectivity index (χ1n) is 6.62. The summed E-state index contributed by atoms with van der Waals surface area (Å²) in [7, 11) is 1.62. The van der Waals surface area contributed by atoms with Crippen LogP contribution in [0.4, 0.5) is 0 Å². The average Bonchev–Trinajstić information content (AvgIpc) is 2.52. The Bertz CT molecular complexity index is 468. The molecule has 0 spiro atoms. The molecule has 20 heavy (non-hydrogen) atoms. The van der Waals surface area contributed by atoms with Gasteiger partial charge in [0.05, 0.1) is 39.6 Å². The van der Waals surface area contributed by atoms with Gasteiger partial charge in [-0.05, 0) is 23.8 Å². The lowest BCUT2D eigenvalue weighted by Crippen LogP contribution is -2.32. The number of ether oxygens (including phenoxy) is 3. The van der Waals surface area contributed by atoms with E-state index in [1.807, 2.05) is 29.4 Å². The Morgan fingerprint density at radius 2 is 2.15 bits per heavy atom. The first-order valence-corrected chi connectivity index (χ1v) is 6.62. The highest BCUT2D eigenvalue weighted by atomic mass is 16.5. The number of hydrogen-bond acceptors (Lipinski definition) is 5. The SMILES string of the molecule is C=CCOc1ccc(/C=N\N2CCOCC2)cc1OC. The van der Waals surface area contributed by atoms with Crippen molar-refractivity contribution in [2.45, 2.75) is 0 Å². The Morgan fingerprint density at radius 3 is 2.85 bits per heavy atom. The zero-order valence-corrected chi connectivity index (χ0v) is 11.7. The van der Waals surface area contributed by atoms with Crippen LogP contribution in [0, 0.1) is 0 Å². The molecule has 0 radical (unpaired) electrons. The highest BCUT2D eigenvalue weighted by molar-refractivity contribution is 5.80. The van der Waals surface area contributed by atoms with Gasteiger partial charge >= 0.3 is 0 Å². The molecule has 0 amide bonds.